The van der Waals surface area contributed by atoms with Crippen LogP contribution in [-0.2, 0) is 14.3 Å². The summed E-state index contributed by atoms with van der Waals surface area (Å²) in [5, 5.41) is 2.62. The minimum atomic E-state index is -0.993. The number of hydrogen-bond acceptors (Lipinski definition) is 7. The highest BCUT2D eigenvalue weighted by Gasteiger charge is 2.49. The molecule has 0 aromatic heterocycles. The van der Waals surface area contributed by atoms with Crippen LogP contribution < -0.4 is 14.8 Å². The van der Waals surface area contributed by atoms with E-state index in [1.807, 2.05) is 0 Å². The quantitative estimate of drug-likeness (QED) is 0.385. The Bertz CT molecular complexity index is 786. The molecule has 0 unspecified atom stereocenters. The van der Waals surface area contributed by atoms with E-state index in [2.05, 4.69) is 5.32 Å². The molecular weight excluding hydrogens is 368 g/mol. The van der Waals surface area contributed by atoms with Crippen LogP contribution in [-0.4, -0.2) is 61.5 Å². The number of Topliss-reactive ketones (excluding diaryl/α,β-unsaturated/α-hetero) is 1. The molecule has 1 saturated heterocycles. The molecule has 1 aromatic carbocycles. The number of imide groups is 1. The number of esters is 1. The number of ketones is 1. The third-order valence-corrected chi connectivity index (χ3v) is 4.81. The van der Waals surface area contributed by atoms with Crippen molar-refractivity contribution in [3.05, 3.63) is 23.8 Å². The first-order chi connectivity index (χ1) is 13.3. The second kappa shape index (κ2) is 8.73. The lowest BCUT2D eigenvalue weighted by atomic mass is 9.93. The lowest BCUT2D eigenvalue weighted by Crippen LogP contribution is -2.46. The van der Waals surface area contributed by atoms with Gasteiger partial charge in [0.05, 0.1) is 14.2 Å². The van der Waals surface area contributed by atoms with Crippen LogP contribution in [0.3, 0.4) is 0 Å². The van der Waals surface area contributed by atoms with Gasteiger partial charge in [-0.1, -0.05) is 13.8 Å². The monoisotopic (exact) mass is 392 g/mol. The van der Waals surface area contributed by atoms with Gasteiger partial charge in [0.25, 0.3) is 5.91 Å². The van der Waals surface area contributed by atoms with Crippen LogP contribution in [0.5, 0.6) is 11.5 Å². The first-order valence-corrected chi connectivity index (χ1v) is 8.86. The molecule has 0 saturated carbocycles. The Hall–Kier alpha value is -3.10. The number of amides is 3. The topological polar surface area (TPSA) is 111 Å². The molecule has 1 N–H and O–H groups in total. The summed E-state index contributed by atoms with van der Waals surface area (Å²) in [7, 11) is 2.92. The zero-order valence-electron chi connectivity index (χ0n) is 16.4. The molecule has 1 aliphatic rings. The molecular formula is C19H24N2O7. The van der Waals surface area contributed by atoms with Gasteiger partial charge in [-0.15, -0.1) is 0 Å². The van der Waals surface area contributed by atoms with Crippen molar-refractivity contribution in [2.45, 2.75) is 32.2 Å². The van der Waals surface area contributed by atoms with Gasteiger partial charge in [0.15, 0.2) is 23.9 Å². The maximum atomic E-state index is 12.5. The molecule has 2 rings (SSSR count). The molecule has 1 fully saturated rings. The van der Waals surface area contributed by atoms with Crippen molar-refractivity contribution in [3.8, 4) is 11.5 Å². The number of carbonyl (C=O) groups is 4. The van der Waals surface area contributed by atoms with Crippen LogP contribution >= 0.6 is 0 Å². The molecule has 9 heteroatoms. The molecule has 3 amide bonds. The standard InChI is InChI=1S/C19H24N2O7/c1-5-19(6-2)17(24)21(18(25)20-19)10-16(23)28-11-13(22)12-7-8-14(26-3)15(9-12)27-4/h7-9H,5-6,10-11H2,1-4H3,(H,20,25). The summed E-state index contributed by atoms with van der Waals surface area (Å²) in [4.78, 5) is 49.6. The van der Waals surface area contributed by atoms with Crippen molar-refractivity contribution in [1.82, 2.24) is 10.2 Å². The van der Waals surface area contributed by atoms with Crippen LogP contribution in [0.1, 0.15) is 37.0 Å². The maximum absolute atomic E-state index is 12.5. The highest BCUT2D eigenvalue weighted by Crippen LogP contribution is 2.28. The number of methoxy groups -OCH3 is 2. The third-order valence-electron chi connectivity index (χ3n) is 4.81. The normalized spacial score (nSPS) is 15.2. The van der Waals surface area contributed by atoms with E-state index >= 15 is 0 Å². The Balaban J connectivity index is 1.96. The second-order valence-corrected chi connectivity index (χ2v) is 6.26. The van der Waals surface area contributed by atoms with Gasteiger partial charge in [0, 0.05) is 5.56 Å². The number of carbonyl (C=O) groups excluding carboxylic acids is 4. The van der Waals surface area contributed by atoms with E-state index in [4.69, 9.17) is 14.2 Å². The fraction of sp³-hybridized carbons (Fsp3) is 0.474. The highest BCUT2D eigenvalue weighted by molar-refractivity contribution is 6.08. The zero-order valence-corrected chi connectivity index (χ0v) is 16.4. The predicted molar refractivity (Wildman–Crippen MR) is 98.4 cm³/mol. The Morgan fingerprint density at radius 3 is 2.25 bits per heavy atom. The first-order valence-electron chi connectivity index (χ1n) is 8.86. The fourth-order valence-electron chi connectivity index (χ4n) is 2.96. The van der Waals surface area contributed by atoms with E-state index in [0.29, 0.717) is 24.3 Å². The van der Waals surface area contributed by atoms with Crippen LogP contribution in [0, 0.1) is 0 Å². The molecule has 1 aliphatic heterocycles. The van der Waals surface area contributed by atoms with Crippen molar-refractivity contribution in [2.24, 2.45) is 0 Å². The van der Waals surface area contributed by atoms with E-state index in [-0.39, 0.29) is 5.56 Å². The van der Waals surface area contributed by atoms with Gasteiger partial charge in [-0.05, 0) is 31.0 Å². The molecule has 0 radical (unpaired) electrons. The van der Waals surface area contributed by atoms with E-state index in [1.165, 1.54) is 26.4 Å². The van der Waals surface area contributed by atoms with Crippen molar-refractivity contribution < 1.29 is 33.4 Å². The second-order valence-electron chi connectivity index (χ2n) is 6.26. The van der Waals surface area contributed by atoms with Crippen LogP contribution in [0.25, 0.3) is 0 Å². The molecule has 9 nitrogen and oxygen atoms in total. The number of urea groups is 1. The minimum absolute atomic E-state index is 0.274. The Morgan fingerprint density at radius 1 is 1.07 bits per heavy atom. The Labute approximate surface area is 162 Å². The predicted octanol–water partition coefficient (Wildman–Crippen LogP) is 1.54. The molecule has 0 aliphatic carbocycles. The average molecular weight is 392 g/mol. The van der Waals surface area contributed by atoms with Crippen LogP contribution in [0.15, 0.2) is 18.2 Å². The Kier molecular flexibility index (Phi) is 6.61. The van der Waals surface area contributed by atoms with Crippen molar-refractivity contribution >= 4 is 23.7 Å². The van der Waals surface area contributed by atoms with Gasteiger partial charge in [-0.25, -0.2) is 4.79 Å². The van der Waals surface area contributed by atoms with E-state index in [0.717, 1.165) is 4.90 Å². The number of hydrogen-bond donors (Lipinski definition) is 1. The van der Waals surface area contributed by atoms with Gasteiger partial charge in [-0.2, -0.15) is 0 Å². The number of benzene rings is 1. The molecule has 0 atom stereocenters. The van der Waals surface area contributed by atoms with Crippen molar-refractivity contribution in [3.63, 3.8) is 0 Å². The van der Waals surface area contributed by atoms with Gasteiger partial charge >= 0.3 is 12.0 Å². The first kappa shape index (κ1) is 21.2. The lowest BCUT2D eigenvalue weighted by molar-refractivity contribution is -0.146. The van der Waals surface area contributed by atoms with Gasteiger partial charge in [0.1, 0.15) is 12.1 Å². The van der Waals surface area contributed by atoms with E-state index < -0.39 is 42.4 Å². The molecule has 1 aromatic rings. The van der Waals surface area contributed by atoms with Gasteiger partial charge in [0.2, 0.25) is 0 Å². The van der Waals surface area contributed by atoms with E-state index in [9.17, 15) is 19.2 Å². The van der Waals surface area contributed by atoms with Gasteiger partial charge in [-0.3, -0.25) is 19.3 Å². The molecule has 1 heterocycles. The number of nitrogens with one attached hydrogen (secondary N) is 1. The summed E-state index contributed by atoms with van der Waals surface area (Å²) in [6.45, 7) is 2.49. The summed E-state index contributed by atoms with van der Waals surface area (Å²) < 4.78 is 15.2. The summed E-state index contributed by atoms with van der Waals surface area (Å²) in [6.07, 6.45) is 0.828. The number of rotatable bonds is 9. The zero-order chi connectivity index (χ0) is 20.9. The summed E-state index contributed by atoms with van der Waals surface area (Å²) in [6, 6.07) is 3.92. The summed E-state index contributed by atoms with van der Waals surface area (Å²) in [5.41, 5.74) is -0.719. The smallest absolute Gasteiger partial charge is 0.326 e. The lowest BCUT2D eigenvalue weighted by Gasteiger charge is -2.22. The van der Waals surface area contributed by atoms with Crippen molar-refractivity contribution in [2.75, 3.05) is 27.4 Å². The molecule has 0 spiro atoms. The minimum Gasteiger partial charge on any atom is -0.493 e. The van der Waals surface area contributed by atoms with Crippen LogP contribution in [0.4, 0.5) is 4.79 Å². The SMILES string of the molecule is CCC1(CC)NC(=O)N(CC(=O)OCC(=O)c2ccc(OC)c(OC)c2)C1=O. The maximum Gasteiger partial charge on any atom is 0.326 e. The molecule has 28 heavy (non-hydrogen) atoms. The number of ether oxygens (including phenoxy) is 3. The fourth-order valence-corrected chi connectivity index (χ4v) is 2.96. The van der Waals surface area contributed by atoms with Gasteiger partial charge < -0.3 is 19.5 Å². The Morgan fingerprint density at radius 2 is 1.71 bits per heavy atom. The van der Waals surface area contributed by atoms with Crippen molar-refractivity contribution in [1.29, 1.82) is 0 Å². The summed E-state index contributed by atoms with van der Waals surface area (Å²) in [5.74, 6) is -0.937. The highest BCUT2D eigenvalue weighted by atomic mass is 16.5. The van der Waals surface area contributed by atoms with E-state index in [1.54, 1.807) is 19.9 Å². The number of nitrogens with zero attached hydrogens (tertiary/aromatic N) is 1. The van der Waals surface area contributed by atoms with Crippen LogP contribution in [0.2, 0.25) is 0 Å². The third kappa shape index (κ3) is 4.08. The molecule has 0 bridgehead atoms. The summed E-state index contributed by atoms with van der Waals surface area (Å²) >= 11 is 0. The molecule has 152 valence electrons. The largest absolute Gasteiger partial charge is 0.493 e. The average Bonchev–Trinajstić information content (AvgIpc) is 2.95.